The van der Waals surface area contributed by atoms with Crippen LogP contribution in [-0.4, -0.2) is 40.6 Å². The molecule has 2 aromatic heterocycles. The average Bonchev–Trinajstić information content (AvgIpc) is 3.19. The quantitative estimate of drug-likeness (QED) is 0.800. The molecular formula is C17H20N4OS. The van der Waals surface area contributed by atoms with E-state index < -0.39 is 0 Å². The number of hydrogen-bond acceptors (Lipinski definition) is 5. The normalized spacial score (nSPS) is 15.7. The number of nitrogens with one attached hydrogen (secondary N) is 1. The first-order chi connectivity index (χ1) is 11.2. The zero-order valence-corrected chi connectivity index (χ0v) is 14.0. The van der Waals surface area contributed by atoms with E-state index >= 15 is 0 Å². The van der Waals surface area contributed by atoms with Crippen molar-refractivity contribution < 1.29 is 0 Å². The summed E-state index contributed by atoms with van der Waals surface area (Å²) in [6.45, 7) is 4.07. The second-order valence-electron chi connectivity index (χ2n) is 6.05. The largest absolute Gasteiger partial charge is 0.364 e. The Bertz CT molecular complexity index is 908. The smallest absolute Gasteiger partial charge is 0.293 e. The Kier molecular flexibility index (Phi) is 3.79. The van der Waals surface area contributed by atoms with Gasteiger partial charge in [0, 0.05) is 30.2 Å². The van der Waals surface area contributed by atoms with Gasteiger partial charge in [0.05, 0.1) is 5.52 Å². The number of fused-ring (bicyclic) bond motifs is 3. The van der Waals surface area contributed by atoms with Crippen LogP contribution in [0.5, 0.6) is 0 Å². The monoisotopic (exact) mass is 328 g/mol. The number of rotatable bonds is 4. The maximum absolute atomic E-state index is 12.6. The van der Waals surface area contributed by atoms with Crippen LogP contribution in [0.2, 0.25) is 0 Å². The van der Waals surface area contributed by atoms with Gasteiger partial charge in [0.2, 0.25) is 0 Å². The van der Waals surface area contributed by atoms with Crippen LogP contribution in [0.4, 0.5) is 5.82 Å². The van der Waals surface area contributed by atoms with Crippen molar-refractivity contribution in [3.05, 3.63) is 34.6 Å². The molecule has 0 atom stereocenters. The molecule has 4 rings (SSSR count). The van der Waals surface area contributed by atoms with Gasteiger partial charge in [0.25, 0.3) is 5.56 Å². The molecule has 3 heterocycles. The second kappa shape index (κ2) is 5.94. The number of aryl methyl sites for hydroxylation is 1. The lowest BCUT2D eigenvalue weighted by molar-refractivity contribution is 0.352. The number of nitrogens with zero attached hydrogens (tertiary/aromatic N) is 3. The summed E-state index contributed by atoms with van der Waals surface area (Å²) >= 11 is 1.64. The van der Waals surface area contributed by atoms with Gasteiger partial charge in [0.15, 0.2) is 5.82 Å². The van der Waals surface area contributed by atoms with E-state index in [2.05, 4.69) is 27.3 Å². The van der Waals surface area contributed by atoms with Crippen molar-refractivity contribution >= 4 is 37.6 Å². The molecule has 1 aromatic carbocycles. The molecule has 1 saturated heterocycles. The van der Waals surface area contributed by atoms with Gasteiger partial charge in [-0.25, -0.2) is 4.98 Å². The number of likely N-dealkylation sites (tertiary alicyclic amines) is 1. The van der Waals surface area contributed by atoms with Crippen molar-refractivity contribution in [1.29, 1.82) is 0 Å². The Morgan fingerprint density at radius 1 is 1.26 bits per heavy atom. The Balaban J connectivity index is 1.66. The number of benzene rings is 1. The number of hydrogen-bond donors (Lipinski definition) is 1. The Hall–Kier alpha value is -1.92. The molecule has 1 aliphatic rings. The minimum atomic E-state index is -0.0533. The fourth-order valence-electron chi connectivity index (χ4n) is 3.28. The molecule has 0 unspecified atom stereocenters. The summed E-state index contributed by atoms with van der Waals surface area (Å²) in [5.41, 5.74) is 0.878. The summed E-state index contributed by atoms with van der Waals surface area (Å²) in [4.78, 5) is 20.5. The molecule has 1 fully saturated rings. The first kappa shape index (κ1) is 14.7. The second-order valence-corrected chi connectivity index (χ2v) is 7.08. The molecule has 1 N–H and O–H groups in total. The van der Waals surface area contributed by atoms with Gasteiger partial charge in [-0.15, -0.1) is 11.3 Å². The predicted molar refractivity (Wildman–Crippen MR) is 96.5 cm³/mol. The molecule has 120 valence electrons. The third kappa shape index (κ3) is 2.62. The van der Waals surface area contributed by atoms with Crippen LogP contribution in [0.3, 0.4) is 0 Å². The average molecular weight is 328 g/mol. The van der Waals surface area contributed by atoms with Gasteiger partial charge in [-0.2, -0.15) is 0 Å². The molecule has 6 heteroatoms. The molecular weight excluding hydrogens is 308 g/mol. The standard InChI is InChI=1S/C17H20N4OS/c1-20-14-12-6-2-3-7-13(12)23-16(14)19-15(17(20)22)18-8-11-21-9-4-5-10-21/h2-3,6-7H,4-5,8-11H2,1H3,(H,18,19). The zero-order chi connectivity index (χ0) is 15.8. The van der Waals surface area contributed by atoms with Crippen molar-refractivity contribution in [2.24, 2.45) is 7.05 Å². The van der Waals surface area contributed by atoms with Crippen molar-refractivity contribution in [3.8, 4) is 0 Å². The summed E-state index contributed by atoms with van der Waals surface area (Å²) in [6, 6.07) is 8.15. The minimum absolute atomic E-state index is 0.0533. The lowest BCUT2D eigenvalue weighted by Gasteiger charge is -2.15. The highest BCUT2D eigenvalue weighted by Crippen LogP contribution is 2.31. The fourth-order valence-corrected chi connectivity index (χ4v) is 4.39. The van der Waals surface area contributed by atoms with Crippen molar-refractivity contribution in [3.63, 3.8) is 0 Å². The van der Waals surface area contributed by atoms with Gasteiger partial charge in [-0.1, -0.05) is 18.2 Å². The SMILES string of the molecule is Cn1c(=O)c(NCCN2CCCC2)nc2sc3ccccc3c21. The van der Waals surface area contributed by atoms with E-state index in [1.54, 1.807) is 15.9 Å². The molecule has 0 amide bonds. The van der Waals surface area contributed by atoms with Crippen LogP contribution >= 0.6 is 11.3 Å². The maximum Gasteiger partial charge on any atom is 0.293 e. The summed E-state index contributed by atoms with van der Waals surface area (Å²) in [5.74, 6) is 0.464. The van der Waals surface area contributed by atoms with E-state index in [-0.39, 0.29) is 5.56 Å². The number of aromatic nitrogens is 2. The molecule has 0 saturated carbocycles. The molecule has 3 aromatic rings. The van der Waals surface area contributed by atoms with Crippen molar-refractivity contribution in [2.75, 3.05) is 31.5 Å². The van der Waals surface area contributed by atoms with Gasteiger partial charge in [-0.3, -0.25) is 4.79 Å². The predicted octanol–water partition coefficient (Wildman–Crippen LogP) is 2.66. The highest BCUT2D eigenvalue weighted by Gasteiger charge is 2.15. The molecule has 5 nitrogen and oxygen atoms in total. The lowest BCUT2D eigenvalue weighted by Crippen LogP contribution is -2.29. The molecule has 0 aliphatic carbocycles. The van der Waals surface area contributed by atoms with Gasteiger partial charge in [-0.05, 0) is 32.0 Å². The van der Waals surface area contributed by atoms with E-state index in [0.29, 0.717) is 5.82 Å². The Labute approximate surface area is 138 Å². The molecule has 0 spiro atoms. The summed E-state index contributed by atoms with van der Waals surface area (Å²) < 4.78 is 2.89. The highest BCUT2D eigenvalue weighted by atomic mass is 32.1. The summed E-state index contributed by atoms with van der Waals surface area (Å²) in [7, 11) is 1.83. The lowest BCUT2D eigenvalue weighted by atomic mass is 10.2. The number of anilines is 1. The van der Waals surface area contributed by atoms with Crippen LogP contribution in [0, 0.1) is 0 Å². The topological polar surface area (TPSA) is 50.2 Å². The maximum atomic E-state index is 12.6. The Morgan fingerprint density at radius 3 is 2.87 bits per heavy atom. The first-order valence-corrected chi connectivity index (χ1v) is 8.90. The van der Waals surface area contributed by atoms with Gasteiger partial charge in [0.1, 0.15) is 4.83 Å². The van der Waals surface area contributed by atoms with Crippen LogP contribution in [0.25, 0.3) is 20.4 Å². The van der Waals surface area contributed by atoms with Gasteiger partial charge >= 0.3 is 0 Å². The number of thiophene rings is 1. The van der Waals surface area contributed by atoms with Crippen LogP contribution in [0.1, 0.15) is 12.8 Å². The summed E-state index contributed by atoms with van der Waals surface area (Å²) in [5, 5.41) is 4.34. The molecule has 23 heavy (non-hydrogen) atoms. The van der Waals surface area contributed by atoms with Gasteiger partial charge < -0.3 is 14.8 Å². The van der Waals surface area contributed by atoms with E-state index in [0.717, 1.165) is 28.8 Å². The molecule has 0 bridgehead atoms. The van der Waals surface area contributed by atoms with Crippen LogP contribution in [0.15, 0.2) is 29.1 Å². The zero-order valence-electron chi connectivity index (χ0n) is 13.2. The third-order valence-corrected chi connectivity index (χ3v) is 5.58. The van der Waals surface area contributed by atoms with Crippen LogP contribution < -0.4 is 10.9 Å². The minimum Gasteiger partial charge on any atom is -0.364 e. The van der Waals surface area contributed by atoms with E-state index in [9.17, 15) is 4.79 Å². The molecule has 1 aliphatic heterocycles. The highest BCUT2D eigenvalue weighted by molar-refractivity contribution is 7.25. The van der Waals surface area contributed by atoms with Crippen molar-refractivity contribution in [1.82, 2.24) is 14.5 Å². The van der Waals surface area contributed by atoms with Crippen LogP contribution in [-0.2, 0) is 7.05 Å². The fraction of sp³-hybridized carbons (Fsp3) is 0.412. The van der Waals surface area contributed by atoms with E-state index in [1.165, 1.54) is 30.6 Å². The van der Waals surface area contributed by atoms with Crippen molar-refractivity contribution in [2.45, 2.75) is 12.8 Å². The first-order valence-electron chi connectivity index (χ1n) is 8.08. The third-order valence-electron chi connectivity index (χ3n) is 4.53. The molecule has 0 radical (unpaired) electrons. The Morgan fingerprint density at radius 2 is 2.04 bits per heavy atom. The summed E-state index contributed by atoms with van der Waals surface area (Å²) in [6.07, 6.45) is 2.57. The van der Waals surface area contributed by atoms with E-state index in [1.807, 2.05) is 19.2 Å². The van der Waals surface area contributed by atoms with E-state index in [4.69, 9.17) is 0 Å².